The summed E-state index contributed by atoms with van der Waals surface area (Å²) < 4.78 is 6.02. The van der Waals surface area contributed by atoms with Crippen LogP contribution in [0.2, 0.25) is 0 Å². The quantitative estimate of drug-likeness (QED) is 0.486. The Labute approximate surface area is 136 Å². The molecule has 2 nitrogen and oxygen atoms in total. The van der Waals surface area contributed by atoms with Gasteiger partial charge in [-0.25, -0.2) is 0 Å². The predicted octanol–water partition coefficient (Wildman–Crippen LogP) is 5.31. The van der Waals surface area contributed by atoms with E-state index in [2.05, 4.69) is 33.8 Å². The Kier molecular flexibility index (Phi) is 5.55. The van der Waals surface area contributed by atoms with E-state index in [1.807, 2.05) is 6.92 Å². The molecular weight excluding hydrogens is 272 g/mol. The average Bonchev–Trinajstić information content (AvgIpc) is 3.03. The van der Waals surface area contributed by atoms with Gasteiger partial charge in [0.25, 0.3) is 0 Å². The molecule has 0 spiro atoms. The van der Waals surface area contributed by atoms with Gasteiger partial charge in [-0.1, -0.05) is 22.8 Å². The van der Waals surface area contributed by atoms with Crippen molar-refractivity contribution in [1.29, 1.82) is 0 Å². The maximum Gasteiger partial charge on any atom is 0.0926 e. The summed E-state index contributed by atoms with van der Waals surface area (Å²) >= 11 is 0. The van der Waals surface area contributed by atoms with Crippen LogP contribution in [0, 0.1) is 0 Å². The number of hydrogen-bond donors (Lipinski definition) is 1. The minimum absolute atomic E-state index is 0.0735. The highest BCUT2D eigenvalue weighted by molar-refractivity contribution is 5.17. The lowest BCUT2D eigenvalue weighted by atomic mass is 9.86. The first-order valence-corrected chi connectivity index (χ1v) is 8.93. The molecular formula is C20H34O2. The molecule has 0 aromatic heterocycles. The third-order valence-electron chi connectivity index (χ3n) is 5.56. The number of epoxide rings is 1. The van der Waals surface area contributed by atoms with Crippen LogP contribution in [0.3, 0.4) is 0 Å². The molecule has 1 aliphatic heterocycles. The summed E-state index contributed by atoms with van der Waals surface area (Å²) in [6, 6.07) is 0. The number of allylic oxidation sites excluding steroid dienone is 3. The minimum atomic E-state index is -0.543. The first-order valence-electron chi connectivity index (χ1n) is 8.93. The molecule has 1 heterocycles. The second-order valence-electron chi connectivity index (χ2n) is 8.17. The van der Waals surface area contributed by atoms with Crippen LogP contribution in [0.15, 0.2) is 22.8 Å². The number of hydrogen-bond acceptors (Lipinski definition) is 2. The van der Waals surface area contributed by atoms with Crippen molar-refractivity contribution >= 4 is 0 Å². The lowest BCUT2D eigenvalue weighted by Crippen LogP contribution is -2.24. The fourth-order valence-corrected chi connectivity index (χ4v) is 3.55. The zero-order valence-electron chi connectivity index (χ0n) is 15.2. The van der Waals surface area contributed by atoms with E-state index in [1.165, 1.54) is 16.7 Å². The molecule has 1 aliphatic carbocycles. The van der Waals surface area contributed by atoms with E-state index in [9.17, 15) is 5.11 Å². The molecule has 1 N–H and O–H groups in total. The summed E-state index contributed by atoms with van der Waals surface area (Å²) in [7, 11) is 0. The topological polar surface area (TPSA) is 32.8 Å². The zero-order chi connectivity index (χ0) is 16.4. The summed E-state index contributed by atoms with van der Waals surface area (Å²) in [6.45, 7) is 10.9. The van der Waals surface area contributed by atoms with Crippen LogP contribution in [-0.4, -0.2) is 22.4 Å². The molecule has 1 saturated heterocycles. The van der Waals surface area contributed by atoms with E-state index in [0.29, 0.717) is 6.10 Å². The lowest BCUT2D eigenvalue weighted by Gasteiger charge is -2.24. The number of aliphatic hydroxyl groups is 1. The van der Waals surface area contributed by atoms with E-state index in [1.54, 1.807) is 0 Å². The van der Waals surface area contributed by atoms with Gasteiger partial charge in [0, 0.05) is 0 Å². The molecule has 3 atom stereocenters. The second kappa shape index (κ2) is 6.88. The van der Waals surface area contributed by atoms with Crippen molar-refractivity contribution in [3.63, 3.8) is 0 Å². The Morgan fingerprint density at radius 1 is 1.18 bits per heavy atom. The Bertz CT molecular complexity index is 454. The van der Waals surface area contributed by atoms with Crippen molar-refractivity contribution in [1.82, 2.24) is 0 Å². The largest absolute Gasteiger partial charge is 0.390 e. The van der Waals surface area contributed by atoms with Crippen molar-refractivity contribution in [2.75, 3.05) is 0 Å². The fraction of sp³-hybridized carbons (Fsp3) is 0.800. The van der Waals surface area contributed by atoms with E-state index in [4.69, 9.17) is 4.74 Å². The van der Waals surface area contributed by atoms with Crippen molar-refractivity contribution < 1.29 is 9.84 Å². The molecule has 0 radical (unpaired) electrons. The number of ether oxygens (including phenoxy) is 1. The first kappa shape index (κ1) is 17.7. The van der Waals surface area contributed by atoms with Gasteiger partial charge in [-0.2, -0.15) is 0 Å². The van der Waals surface area contributed by atoms with Crippen LogP contribution in [0.1, 0.15) is 86.0 Å². The maximum atomic E-state index is 10.6. The Balaban J connectivity index is 2.09. The molecule has 2 heteroatoms. The van der Waals surface area contributed by atoms with Gasteiger partial charge in [0.2, 0.25) is 0 Å². The van der Waals surface area contributed by atoms with Gasteiger partial charge < -0.3 is 9.84 Å². The maximum absolute atomic E-state index is 10.6. The van der Waals surface area contributed by atoms with Crippen molar-refractivity contribution in [3.8, 4) is 0 Å². The number of fused-ring (bicyclic) bond motifs is 1. The molecule has 22 heavy (non-hydrogen) atoms. The molecule has 2 aliphatic rings. The summed E-state index contributed by atoms with van der Waals surface area (Å²) in [5.41, 5.74) is 3.87. The molecule has 126 valence electrons. The summed E-state index contributed by atoms with van der Waals surface area (Å²) in [4.78, 5) is 0. The van der Waals surface area contributed by atoms with E-state index >= 15 is 0 Å². The average molecular weight is 306 g/mol. The highest BCUT2D eigenvalue weighted by Gasteiger charge is 2.51. The molecule has 0 saturated carbocycles. The monoisotopic (exact) mass is 306 g/mol. The standard InChI is InChI=1S/C20H34O2/c1-15(2)17-10-13-19(4,21)11-6-8-16(3)9-7-12-20(5)18(14-17)22-20/h9,18,21H,6-8,10-14H2,1-5H3/b16-9+/t18-,19-,20+/m1/s1. The Morgan fingerprint density at radius 3 is 2.59 bits per heavy atom. The first-order chi connectivity index (χ1) is 10.2. The van der Waals surface area contributed by atoms with Crippen LogP contribution < -0.4 is 0 Å². The van der Waals surface area contributed by atoms with Gasteiger partial charge in [-0.15, -0.1) is 0 Å². The predicted molar refractivity (Wildman–Crippen MR) is 93.0 cm³/mol. The molecule has 0 unspecified atom stereocenters. The van der Waals surface area contributed by atoms with Crippen molar-refractivity contribution in [2.24, 2.45) is 0 Å². The second-order valence-corrected chi connectivity index (χ2v) is 8.17. The van der Waals surface area contributed by atoms with Gasteiger partial charge in [0.05, 0.1) is 17.3 Å². The van der Waals surface area contributed by atoms with Crippen LogP contribution in [0.5, 0.6) is 0 Å². The van der Waals surface area contributed by atoms with Crippen molar-refractivity contribution in [3.05, 3.63) is 22.8 Å². The lowest BCUT2D eigenvalue weighted by molar-refractivity contribution is 0.0400. The van der Waals surface area contributed by atoms with Gasteiger partial charge in [-0.3, -0.25) is 0 Å². The normalized spacial score (nSPS) is 40.2. The van der Waals surface area contributed by atoms with Crippen LogP contribution in [0.4, 0.5) is 0 Å². The Hall–Kier alpha value is -0.600. The smallest absolute Gasteiger partial charge is 0.0926 e. The summed E-state index contributed by atoms with van der Waals surface area (Å²) in [5, 5.41) is 10.6. The highest BCUT2D eigenvalue weighted by atomic mass is 16.6. The van der Waals surface area contributed by atoms with Gasteiger partial charge >= 0.3 is 0 Å². The van der Waals surface area contributed by atoms with Crippen LogP contribution in [-0.2, 0) is 4.74 Å². The van der Waals surface area contributed by atoms with Crippen LogP contribution in [0.25, 0.3) is 0 Å². The SMILES string of the molecule is CC(C)=C1CC[C@](C)(O)CCC/C(C)=C/CC[C@]2(C)O[C@@H]2C1. The molecule has 0 amide bonds. The number of rotatable bonds is 0. The van der Waals surface area contributed by atoms with Gasteiger partial charge in [0.15, 0.2) is 0 Å². The third kappa shape index (κ3) is 4.96. The van der Waals surface area contributed by atoms with Crippen molar-refractivity contribution in [2.45, 2.75) is 103 Å². The van der Waals surface area contributed by atoms with Gasteiger partial charge in [-0.05, 0) is 86.0 Å². The Morgan fingerprint density at radius 2 is 1.91 bits per heavy atom. The van der Waals surface area contributed by atoms with E-state index in [-0.39, 0.29) is 5.60 Å². The zero-order valence-corrected chi connectivity index (χ0v) is 15.2. The molecule has 0 bridgehead atoms. The third-order valence-corrected chi connectivity index (χ3v) is 5.56. The fourth-order valence-electron chi connectivity index (χ4n) is 3.55. The molecule has 0 aromatic carbocycles. The summed E-state index contributed by atoms with van der Waals surface area (Å²) in [5.74, 6) is 0. The highest BCUT2D eigenvalue weighted by Crippen LogP contribution is 2.45. The summed E-state index contributed by atoms with van der Waals surface area (Å²) in [6.07, 6.45) is 11.0. The molecule has 2 rings (SSSR count). The molecule has 1 fully saturated rings. The van der Waals surface area contributed by atoms with E-state index in [0.717, 1.165) is 51.4 Å². The van der Waals surface area contributed by atoms with Crippen LogP contribution >= 0.6 is 0 Å². The van der Waals surface area contributed by atoms with E-state index < -0.39 is 5.60 Å². The minimum Gasteiger partial charge on any atom is -0.390 e. The molecule has 0 aromatic rings. The van der Waals surface area contributed by atoms with Gasteiger partial charge in [0.1, 0.15) is 0 Å².